The van der Waals surface area contributed by atoms with Crippen molar-refractivity contribution in [2.75, 3.05) is 25.6 Å². The van der Waals surface area contributed by atoms with E-state index in [1.165, 1.54) is 0 Å². The molecule has 0 unspecified atom stereocenters. The zero-order valence-electron chi connectivity index (χ0n) is 10.2. The summed E-state index contributed by atoms with van der Waals surface area (Å²) in [6.45, 7) is 4.43. The van der Waals surface area contributed by atoms with E-state index in [0.717, 1.165) is 0 Å². The highest BCUT2D eigenvalue weighted by Gasteiger charge is 2.13. The summed E-state index contributed by atoms with van der Waals surface area (Å²) in [6.07, 6.45) is 0.00703. The van der Waals surface area contributed by atoms with Gasteiger partial charge in [-0.2, -0.15) is 0 Å². The SMILES string of the molecule is CCOC(=O)CC(CC(=O)OCC)=NCCCl. The van der Waals surface area contributed by atoms with Gasteiger partial charge >= 0.3 is 11.9 Å². The second-order valence-electron chi connectivity index (χ2n) is 3.10. The minimum absolute atomic E-state index is 0.00352. The van der Waals surface area contributed by atoms with Crippen LogP contribution in [0, 0.1) is 0 Å². The molecule has 0 saturated heterocycles. The molecule has 0 aromatic heterocycles. The molecule has 0 atom stereocenters. The molecule has 0 aromatic carbocycles. The average molecular weight is 264 g/mol. The minimum Gasteiger partial charge on any atom is -0.466 e. The number of carbonyl (C=O) groups is 2. The Labute approximate surface area is 106 Å². The van der Waals surface area contributed by atoms with Crippen molar-refractivity contribution in [3.05, 3.63) is 0 Å². The van der Waals surface area contributed by atoms with Crippen molar-refractivity contribution in [2.45, 2.75) is 26.7 Å². The quantitative estimate of drug-likeness (QED) is 0.379. The van der Waals surface area contributed by atoms with Gasteiger partial charge in [-0.15, -0.1) is 11.6 Å². The fourth-order valence-corrected chi connectivity index (χ4v) is 1.22. The largest absolute Gasteiger partial charge is 0.466 e. The van der Waals surface area contributed by atoms with Crippen molar-refractivity contribution in [1.82, 2.24) is 0 Å². The number of alkyl halides is 1. The lowest BCUT2D eigenvalue weighted by Crippen LogP contribution is -2.17. The Morgan fingerprint density at radius 2 is 1.53 bits per heavy atom. The standard InChI is InChI=1S/C11H18ClNO4/c1-3-16-10(14)7-9(13-6-5-12)8-11(15)17-4-2/h3-8H2,1-2H3. The molecule has 17 heavy (non-hydrogen) atoms. The Morgan fingerprint density at radius 3 is 1.88 bits per heavy atom. The summed E-state index contributed by atoms with van der Waals surface area (Å²) in [5.41, 5.74) is 0.447. The second-order valence-corrected chi connectivity index (χ2v) is 3.48. The highest BCUT2D eigenvalue weighted by Crippen LogP contribution is 2.00. The van der Waals surface area contributed by atoms with Crippen molar-refractivity contribution in [3.63, 3.8) is 0 Å². The maximum absolute atomic E-state index is 11.3. The van der Waals surface area contributed by atoms with Crippen LogP contribution >= 0.6 is 11.6 Å². The van der Waals surface area contributed by atoms with Gasteiger partial charge in [-0.25, -0.2) is 0 Å². The molecular formula is C11H18ClNO4. The van der Waals surface area contributed by atoms with Crippen LogP contribution in [-0.4, -0.2) is 43.3 Å². The molecule has 0 rings (SSSR count). The number of hydrogen-bond acceptors (Lipinski definition) is 5. The number of aliphatic imine (C=N–C) groups is 1. The third kappa shape index (κ3) is 8.68. The van der Waals surface area contributed by atoms with Crippen molar-refractivity contribution < 1.29 is 19.1 Å². The van der Waals surface area contributed by atoms with Gasteiger partial charge in [0, 0.05) is 11.6 Å². The van der Waals surface area contributed by atoms with Crippen LogP contribution in [0.2, 0.25) is 0 Å². The molecule has 0 radical (unpaired) electrons. The van der Waals surface area contributed by atoms with Crippen molar-refractivity contribution in [3.8, 4) is 0 Å². The fraction of sp³-hybridized carbons (Fsp3) is 0.727. The van der Waals surface area contributed by atoms with E-state index in [9.17, 15) is 9.59 Å². The molecule has 0 aromatic rings. The summed E-state index contributed by atoms with van der Waals surface area (Å²) in [5, 5.41) is 0. The predicted molar refractivity (Wildman–Crippen MR) is 65.5 cm³/mol. The van der Waals surface area contributed by atoms with E-state index in [1.54, 1.807) is 13.8 Å². The minimum atomic E-state index is -0.398. The Kier molecular flexibility index (Phi) is 9.43. The van der Waals surface area contributed by atoms with Crippen LogP contribution in [0.1, 0.15) is 26.7 Å². The van der Waals surface area contributed by atoms with E-state index < -0.39 is 11.9 Å². The summed E-state index contributed by atoms with van der Waals surface area (Å²) in [6, 6.07) is 0. The summed E-state index contributed by atoms with van der Waals surface area (Å²) >= 11 is 5.50. The molecule has 98 valence electrons. The number of esters is 2. The first-order valence-corrected chi connectivity index (χ1v) is 6.06. The van der Waals surface area contributed by atoms with Gasteiger partial charge in [0.2, 0.25) is 0 Å². The van der Waals surface area contributed by atoms with Crippen molar-refractivity contribution in [1.29, 1.82) is 0 Å². The first-order chi connectivity index (χ1) is 8.13. The third-order valence-corrected chi connectivity index (χ3v) is 1.90. The number of rotatable bonds is 8. The molecule has 0 heterocycles. The molecule has 0 bridgehead atoms. The van der Waals surface area contributed by atoms with E-state index >= 15 is 0 Å². The zero-order valence-corrected chi connectivity index (χ0v) is 11.0. The Balaban J connectivity index is 4.33. The number of carbonyl (C=O) groups excluding carboxylic acids is 2. The van der Waals surface area contributed by atoms with Gasteiger partial charge in [0.25, 0.3) is 0 Å². The van der Waals surface area contributed by atoms with Gasteiger partial charge in [0.05, 0.1) is 32.6 Å². The Bertz CT molecular complexity index is 257. The topological polar surface area (TPSA) is 65.0 Å². The van der Waals surface area contributed by atoms with Crippen molar-refractivity contribution in [2.24, 2.45) is 4.99 Å². The lowest BCUT2D eigenvalue weighted by molar-refractivity contribution is -0.141. The van der Waals surface area contributed by atoms with Crippen LogP contribution in [0.4, 0.5) is 0 Å². The highest BCUT2D eigenvalue weighted by molar-refractivity contribution is 6.18. The van der Waals surface area contributed by atoms with E-state index in [1.807, 2.05) is 0 Å². The van der Waals surface area contributed by atoms with Crippen molar-refractivity contribution >= 4 is 29.3 Å². The van der Waals surface area contributed by atoms with Crippen LogP contribution in [-0.2, 0) is 19.1 Å². The summed E-state index contributed by atoms with van der Waals surface area (Å²) in [5.74, 6) is -0.454. The van der Waals surface area contributed by atoms with Gasteiger partial charge in [0.15, 0.2) is 0 Å². The average Bonchev–Trinajstić information content (AvgIpc) is 2.26. The molecule has 5 nitrogen and oxygen atoms in total. The van der Waals surface area contributed by atoms with Gasteiger partial charge in [-0.3, -0.25) is 14.6 Å². The smallest absolute Gasteiger partial charge is 0.311 e. The molecule has 0 saturated carbocycles. The Hall–Kier alpha value is -1.10. The molecule has 0 spiro atoms. The maximum Gasteiger partial charge on any atom is 0.311 e. The maximum atomic E-state index is 11.3. The molecule has 0 aliphatic heterocycles. The van der Waals surface area contributed by atoms with E-state index in [2.05, 4.69) is 4.99 Å². The number of ether oxygens (including phenoxy) is 2. The van der Waals surface area contributed by atoms with Crippen LogP contribution in [0.5, 0.6) is 0 Å². The lowest BCUT2D eigenvalue weighted by atomic mass is 10.2. The molecule has 0 aliphatic rings. The molecule has 0 aliphatic carbocycles. The first-order valence-electron chi connectivity index (χ1n) is 5.53. The number of halogens is 1. The summed E-state index contributed by atoms with van der Waals surface area (Å²) in [4.78, 5) is 26.6. The van der Waals surface area contributed by atoms with Crippen LogP contribution < -0.4 is 0 Å². The van der Waals surface area contributed by atoms with Crippen LogP contribution in [0.25, 0.3) is 0 Å². The second kappa shape index (κ2) is 10.1. The first kappa shape index (κ1) is 15.9. The van der Waals surface area contributed by atoms with Crippen LogP contribution in [0.3, 0.4) is 0 Å². The Morgan fingerprint density at radius 1 is 1.06 bits per heavy atom. The van der Waals surface area contributed by atoms with E-state index in [-0.39, 0.29) is 12.8 Å². The van der Waals surface area contributed by atoms with E-state index in [0.29, 0.717) is 31.4 Å². The lowest BCUT2D eigenvalue weighted by Gasteiger charge is -2.06. The zero-order chi connectivity index (χ0) is 13.1. The van der Waals surface area contributed by atoms with Gasteiger partial charge in [-0.1, -0.05) is 0 Å². The summed E-state index contributed by atoms with van der Waals surface area (Å²) in [7, 11) is 0. The van der Waals surface area contributed by atoms with Crippen LogP contribution in [0.15, 0.2) is 4.99 Å². The van der Waals surface area contributed by atoms with Gasteiger partial charge in [0.1, 0.15) is 0 Å². The van der Waals surface area contributed by atoms with Gasteiger partial charge < -0.3 is 9.47 Å². The molecule has 0 fully saturated rings. The fourth-order valence-electron chi connectivity index (χ4n) is 1.13. The van der Waals surface area contributed by atoms with Gasteiger partial charge in [-0.05, 0) is 13.8 Å². The summed E-state index contributed by atoms with van der Waals surface area (Å²) < 4.78 is 9.58. The number of hydrogen-bond donors (Lipinski definition) is 0. The third-order valence-electron chi connectivity index (χ3n) is 1.73. The highest BCUT2D eigenvalue weighted by atomic mass is 35.5. The monoisotopic (exact) mass is 263 g/mol. The predicted octanol–water partition coefficient (Wildman–Crippen LogP) is 1.57. The molecule has 6 heteroatoms. The van der Waals surface area contributed by atoms with E-state index in [4.69, 9.17) is 21.1 Å². The molecular weight excluding hydrogens is 246 g/mol. The number of nitrogens with zero attached hydrogens (tertiary/aromatic N) is 1. The molecule has 0 N–H and O–H groups in total. The molecule has 0 amide bonds. The normalized spacial score (nSPS) is 9.59.